The molecule has 0 spiro atoms. The first kappa shape index (κ1) is 7.32. The molecule has 1 atom stereocenters. The third-order valence-electron chi connectivity index (χ3n) is 1.86. The van der Waals surface area contributed by atoms with Gasteiger partial charge in [0.05, 0.1) is 0 Å². The van der Waals surface area contributed by atoms with Gasteiger partial charge in [0.25, 0.3) is 0 Å². The zero-order valence-electron chi connectivity index (χ0n) is 6.29. The highest BCUT2D eigenvalue weighted by atomic mass is 16.1. The monoisotopic (exact) mass is 139 g/mol. The van der Waals surface area contributed by atoms with Crippen molar-refractivity contribution < 1.29 is 4.79 Å². The van der Waals surface area contributed by atoms with Crippen LogP contribution >= 0.6 is 0 Å². The van der Waals surface area contributed by atoms with Crippen molar-refractivity contribution in [1.29, 1.82) is 0 Å². The van der Waals surface area contributed by atoms with Gasteiger partial charge in [-0.15, -0.1) is 0 Å². The van der Waals surface area contributed by atoms with E-state index in [1.54, 1.807) is 0 Å². The molecule has 2 heteroatoms. The molecule has 0 aromatic heterocycles. The quantitative estimate of drug-likeness (QED) is 0.533. The summed E-state index contributed by atoms with van der Waals surface area (Å²) in [5.74, 6) is 0.494. The van der Waals surface area contributed by atoms with Crippen LogP contribution in [-0.4, -0.2) is 24.8 Å². The van der Waals surface area contributed by atoms with Gasteiger partial charge in [-0.3, -0.25) is 0 Å². The normalized spacial score (nSPS) is 24.9. The van der Waals surface area contributed by atoms with E-state index in [-0.39, 0.29) is 0 Å². The van der Waals surface area contributed by atoms with Crippen molar-refractivity contribution in [1.82, 2.24) is 4.90 Å². The van der Waals surface area contributed by atoms with Crippen molar-refractivity contribution >= 4 is 6.29 Å². The fraction of sp³-hybridized carbons (Fsp3) is 0.625. The van der Waals surface area contributed by atoms with Crippen molar-refractivity contribution in [3.8, 4) is 0 Å². The first-order valence-corrected chi connectivity index (χ1v) is 3.65. The van der Waals surface area contributed by atoms with Crippen LogP contribution < -0.4 is 0 Å². The molecule has 0 N–H and O–H groups in total. The van der Waals surface area contributed by atoms with Gasteiger partial charge in [0, 0.05) is 20.0 Å². The number of carbonyl (C=O) groups excluding carboxylic acids is 1. The van der Waals surface area contributed by atoms with E-state index in [9.17, 15) is 4.79 Å². The maximum Gasteiger partial charge on any atom is 0.120 e. The van der Waals surface area contributed by atoms with Gasteiger partial charge in [-0.2, -0.15) is 0 Å². The lowest BCUT2D eigenvalue weighted by molar-refractivity contribution is -0.108. The predicted molar refractivity (Wildman–Crippen MR) is 40.6 cm³/mol. The molecular weight excluding hydrogens is 126 g/mol. The second-order valence-electron chi connectivity index (χ2n) is 2.77. The molecule has 0 bridgehead atoms. The molecule has 0 aromatic rings. The molecule has 1 aliphatic heterocycles. The van der Waals surface area contributed by atoms with E-state index in [0.717, 1.165) is 19.3 Å². The summed E-state index contributed by atoms with van der Waals surface area (Å²) in [4.78, 5) is 12.2. The van der Waals surface area contributed by atoms with Gasteiger partial charge in [-0.25, -0.2) is 0 Å². The molecule has 1 heterocycles. The van der Waals surface area contributed by atoms with Crippen LogP contribution in [-0.2, 0) is 4.79 Å². The van der Waals surface area contributed by atoms with E-state index in [4.69, 9.17) is 0 Å². The number of allylic oxidation sites excluding steroid dienone is 1. The van der Waals surface area contributed by atoms with Crippen molar-refractivity contribution in [2.75, 3.05) is 13.6 Å². The van der Waals surface area contributed by atoms with Crippen LogP contribution in [0.3, 0.4) is 0 Å². The second-order valence-corrected chi connectivity index (χ2v) is 2.77. The van der Waals surface area contributed by atoms with E-state index < -0.39 is 0 Å². The van der Waals surface area contributed by atoms with Crippen LogP contribution in [0.15, 0.2) is 12.3 Å². The molecule has 2 nitrogen and oxygen atoms in total. The second kappa shape index (κ2) is 3.40. The molecule has 56 valence electrons. The average Bonchev–Trinajstić information content (AvgIpc) is 1.95. The Labute approximate surface area is 61.5 Å². The SMILES string of the molecule is CN1C=CC(CC=O)CC1. The zero-order chi connectivity index (χ0) is 7.40. The van der Waals surface area contributed by atoms with Crippen molar-refractivity contribution in [2.24, 2.45) is 5.92 Å². The number of rotatable bonds is 2. The summed E-state index contributed by atoms with van der Waals surface area (Å²) in [5.41, 5.74) is 0. The summed E-state index contributed by atoms with van der Waals surface area (Å²) < 4.78 is 0. The van der Waals surface area contributed by atoms with Gasteiger partial charge in [0.1, 0.15) is 6.29 Å². The minimum absolute atomic E-state index is 0.494. The first-order valence-electron chi connectivity index (χ1n) is 3.65. The Morgan fingerprint density at radius 2 is 2.60 bits per heavy atom. The summed E-state index contributed by atoms with van der Waals surface area (Å²) in [6.07, 6.45) is 6.96. The van der Waals surface area contributed by atoms with Gasteiger partial charge >= 0.3 is 0 Å². The molecule has 1 unspecified atom stereocenters. The molecule has 0 fully saturated rings. The van der Waals surface area contributed by atoms with Gasteiger partial charge in [0.15, 0.2) is 0 Å². The highest BCUT2D eigenvalue weighted by Gasteiger charge is 2.08. The lowest BCUT2D eigenvalue weighted by Crippen LogP contribution is -2.20. The fourth-order valence-corrected chi connectivity index (χ4v) is 1.13. The largest absolute Gasteiger partial charge is 0.381 e. The highest BCUT2D eigenvalue weighted by Crippen LogP contribution is 2.14. The molecule has 0 aromatic carbocycles. The number of aldehydes is 1. The van der Waals surface area contributed by atoms with Gasteiger partial charge in [-0.05, 0) is 18.5 Å². The Morgan fingerprint density at radius 1 is 1.80 bits per heavy atom. The summed E-state index contributed by atoms with van der Waals surface area (Å²) in [5, 5.41) is 0. The maximum atomic E-state index is 10.1. The minimum atomic E-state index is 0.494. The minimum Gasteiger partial charge on any atom is -0.381 e. The third kappa shape index (κ3) is 1.87. The summed E-state index contributed by atoms with van der Waals surface area (Å²) in [7, 11) is 2.05. The number of hydrogen-bond acceptors (Lipinski definition) is 2. The number of carbonyl (C=O) groups is 1. The molecule has 0 saturated carbocycles. The Morgan fingerprint density at radius 3 is 3.10 bits per heavy atom. The Bertz CT molecular complexity index is 142. The van der Waals surface area contributed by atoms with Crippen LogP contribution in [0.1, 0.15) is 12.8 Å². The zero-order valence-corrected chi connectivity index (χ0v) is 6.29. The standard InChI is InChI=1S/C8H13NO/c1-9-5-2-8(3-6-9)4-7-10/h2,5,7-8H,3-4,6H2,1H3. The van der Waals surface area contributed by atoms with Crippen molar-refractivity contribution in [3.05, 3.63) is 12.3 Å². The van der Waals surface area contributed by atoms with Gasteiger partial charge < -0.3 is 9.69 Å². The maximum absolute atomic E-state index is 10.1. The summed E-state index contributed by atoms with van der Waals surface area (Å²) in [6, 6.07) is 0. The number of hydrogen-bond donors (Lipinski definition) is 0. The first-order chi connectivity index (χ1) is 4.83. The van der Waals surface area contributed by atoms with Crippen LogP contribution in [0, 0.1) is 5.92 Å². The van der Waals surface area contributed by atoms with Crippen LogP contribution in [0.25, 0.3) is 0 Å². The van der Waals surface area contributed by atoms with Crippen LogP contribution in [0.4, 0.5) is 0 Å². The topological polar surface area (TPSA) is 20.3 Å². The lowest BCUT2D eigenvalue weighted by atomic mass is 10.00. The predicted octanol–water partition coefficient (Wildman–Crippen LogP) is 1.04. The van der Waals surface area contributed by atoms with E-state index in [2.05, 4.69) is 17.2 Å². The highest BCUT2D eigenvalue weighted by molar-refractivity contribution is 5.50. The Hall–Kier alpha value is -0.790. The van der Waals surface area contributed by atoms with E-state index >= 15 is 0 Å². The molecule has 1 rings (SSSR count). The van der Waals surface area contributed by atoms with E-state index in [1.165, 1.54) is 0 Å². The molecular formula is C8H13NO. The molecule has 1 aliphatic rings. The van der Waals surface area contributed by atoms with Crippen LogP contribution in [0.2, 0.25) is 0 Å². The van der Waals surface area contributed by atoms with Crippen molar-refractivity contribution in [3.63, 3.8) is 0 Å². The number of nitrogens with zero attached hydrogens (tertiary/aromatic N) is 1. The molecule has 10 heavy (non-hydrogen) atoms. The smallest absolute Gasteiger partial charge is 0.120 e. The molecule has 0 amide bonds. The Balaban J connectivity index is 2.37. The molecule has 0 aliphatic carbocycles. The summed E-state index contributed by atoms with van der Waals surface area (Å²) in [6.45, 7) is 1.08. The lowest BCUT2D eigenvalue weighted by Gasteiger charge is -2.22. The van der Waals surface area contributed by atoms with Crippen molar-refractivity contribution in [2.45, 2.75) is 12.8 Å². The Kier molecular flexibility index (Phi) is 2.49. The fourth-order valence-electron chi connectivity index (χ4n) is 1.13. The van der Waals surface area contributed by atoms with E-state index in [1.807, 2.05) is 7.05 Å². The summed E-state index contributed by atoms with van der Waals surface area (Å²) >= 11 is 0. The molecule has 0 saturated heterocycles. The average molecular weight is 139 g/mol. The van der Waals surface area contributed by atoms with Crippen LogP contribution in [0.5, 0.6) is 0 Å². The molecule has 0 radical (unpaired) electrons. The van der Waals surface area contributed by atoms with Gasteiger partial charge in [0.2, 0.25) is 0 Å². The van der Waals surface area contributed by atoms with E-state index in [0.29, 0.717) is 12.3 Å². The third-order valence-corrected chi connectivity index (χ3v) is 1.86. The van der Waals surface area contributed by atoms with Gasteiger partial charge in [-0.1, -0.05) is 6.08 Å².